The highest BCUT2D eigenvalue weighted by molar-refractivity contribution is 7.99. The third-order valence-corrected chi connectivity index (χ3v) is 3.55. The Morgan fingerprint density at radius 1 is 1.45 bits per heavy atom. The molecule has 0 aliphatic carbocycles. The second-order valence-corrected chi connectivity index (χ2v) is 5.10. The molecule has 1 fully saturated rings. The van der Waals surface area contributed by atoms with Gasteiger partial charge in [0.1, 0.15) is 11.3 Å². The first-order valence-corrected chi connectivity index (χ1v) is 7.05. The number of esters is 2. The van der Waals surface area contributed by atoms with Gasteiger partial charge in [-0.3, -0.25) is 4.79 Å². The first kappa shape index (κ1) is 13.0. The molecule has 1 aromatic heterocycles. The smallest absolute Gasteiger partial charge is 0.347 e. The Kier molecular flexibility index (Phi) is 3.60. The third-order valence-electron chi connectivity index (χ3n) is 2.75. The van der Waals surface area contributed by atoms with E-state index < -0.39 is 18.0 Å². The van der Waals surface area contributed by atoms with Gasteiger partial charge in [0.05, 0.1) is 6.61 Å². The maximum atomic E-state index is 11.6. The van der Waals surface area contributed by atoms with E-state index in [9.17, 15) is 9.59 Å². The van der Waals surface area contributed by atoms with Gasteiger partial charge in [-0.25, -0.2) is 9.78 Å². The average Bonchev–Trinajstić information content (AvgIpc) is 3.03. The molecule has 0 saturated carbocycles. The number of ether oxygens (including phenoxy) is 2. The van der Waals surface area contributed by atoms with Gasteiger partial charge in [-0.2, -0.15) is 0 Å². The zero-order valence-corrected chi connectivity index (χ0v) is 11.2. The monoisotopic (exact) mass is 293 g/mol. The molecule has 1 aromatic carbocycles. The van der Waals surface area contributed by atoms with E-state index in [-0.39, 0.29) is 5.75 Å². The summed E-state index contributed by atoms with van der Waals surface area (Å²) in [6.45, 7) is 0.301. The topological polar surface area (TPSA) is 78.6 Å². The Morgan fingerprint density at radius 2 is 2.30 bits per heavy atom. The first-order chi connectivity index (χ1) is 9.72. The third kappa shape index (κ3) is 2.77. The highest BCUT2D eigenvalue weighted by atomic mass is 32.2. The van der Waals surface area contributed by atoms with Crippen LogP contribution in [0.4, 0.5) is 0 Å². The maximum absolute atomic E-state index is 11.6. The number of thioether (sulfide) groups is 1. The Labute approximate surface area is 118 Å². The zero-order valence-electron chi connectivity index (χ0n) is 10.4. The molecule has 0 amide bonds. The fourth-order valence-electron chi connectivity index (χ4n) is 1.81. The number of carbonyl (C=O) groups is 2. The van der Waals surface area contributed by atoms with E-state index in [1.807, 2.05) is 18.2 Å². The van der Waals surface area contributed by atoms with Crippen LogP contribution in [0.1, 0.15) is 6.42 Å². The number of benzene rings is 1. The van der Waals surface area contributed by atoms with Crippen LogP contribution in [0.3, 0.4) is 0 Å². The number of para-hydroxylation sites is 2. The molecule has 1 saturated heterocycles. The van der Waals surface area contributed by atoms with E-state index in [1.165, 1.54) is 0 Å². The molecule has 0 radical (unpaired) electrons. The predicted octanol–water partition coefficient (Wildman–Crippen LogP) is 1.78. The van der Waals surface area contributed by atoms with Crippen molar-refractivity contribution in [1.29, 1.82) is 0 Å². The van der Waals surface area contributed by atoms with Gasteiger partial charge in [0.2, 0.25) is 6.10 Å². The van der Waals surface area contributed by atoms with Crippen LogP contribution in [0.5, 0.6) is 0 Å². The van der Waals surface area contributed by atoms with Crippen LogP contribution in [0.2, 0.25) is 0 Å². The van der Waals surface area contributed by atoms with Gasteiger partial charge >= 0.3 is 11.9 Å². The molecular formula is C13H11NO5S. The average molecular weight is 293 g/mol. The van der Waals surface area contributed by atoms with E-state index in [2.05, 4.69) is 4.98 Å². The number of cyclic esters (lactones) is 1. The van der Waals surface area contributed by atoms with Crippen molar-refractivity contribution in [1.82, 2.24) is 4.98 Å². The lowest BCUT2D eigenvalue weighted by atomic mass is 10.3. The first-order valence-electron chi connectivity index (χ1n) is 6.07. The summed E-state index contributed by atoms with van der Waals surface area (Å²) < 4.78 is 15.2. The molecule has 0 bridgehead atoms. The zero-order chi connectivity index (χ0) is 13.9. The van der Waals surface area contributed by atoms with Gasteiger partial charge in [-0.15, -0.1) is 0 Å². The van der Waals surface area contributed by atoms with Crippen molar-refractivity contribution in [2.45, 2.75) is 17.7 Å². The van der Waals surface area contributed by atoms with E-state index in [4.69, 9.17) is 13.9 Å². The van der Waals surface area contributed by atoms with Gasteiger partial charge in [-0.05, 0) is 12.1 Å². The fraction of sp³-hybridized carbons (Fsp3) is 0.308. The summed E-state index contributed by atoms with van der Waals surface area (Å²) in [5, 5.41) is 0.400. The van der Waals surface area contributed by atoms with Gasteiger partial charge < -0.3 is 13.9 Å². The number of hydrogen-bond donors (Lipinski definition) is 0. The quantitative estimate of drug-likeness (QED) is 0.628. The molecule has 0 unspecified atom stereocenters. The highest BCUT2D eigenvalue weighted by Gasteiger charge is 2.30. The lowest BCUT2D eigenvalue weighted by Gasteiger charge is -2.06. The minimum atomic E-state index is -0.772. The van der Waals surface area contributed by atoms with Gasteiger partial charge in [0.25, 0.3) is 5.22 Å². The Bertz CT molecular complexity index is 620. The van der Waals surface area contributed by atoms with Crippen LogP contribution in [-0.2, 0) is 19.1 Å². The van der Waals surface area contributed by atoms with E-state index in [0.717, 1.165) is 17.3 Å². The number of hydrogen-bond acceptors (Lipinski definition) is 7. The minimum Gasteiger partial charge on any atom is -0.463 e. The molecule has 0 spiro atoms. The standard InChI is InChI=1S/C13H11NO5S/c15-11(18-10-5-6-17-12(10)16)7-20-13-14-8-3-1-2-4-9(8)19-13/h1-4,10H,5-7H2/t10-/m0/s1. The van der Waals surface area contributed by atoms with Crippen LogP contribution in [-0.4, -0.2) is 35.4 Å². The summed E-state index contributed by atoms with van der Waals surface area (Å²) in [4.78, 5) is 27.0. The number of nitrogens with zero attached hydrogens (tertiary/aromatic N) is 1. The van der Waals surface area contributed by atoms with Crippen molar-refractivity contribution in [2.24, 2.45) is 0 Å². The predicted molar refractivity (Wildman–Crippen MR) is 70.2 cm³/mol. The van der Waals surface area contributed by atoms with Crippen molar-refractivity contribution in [3.05, 3.63) is 24.3 Å². The van der Waals surface area contributed by atoms with Gasteiger partial charge in [-0.1, -0.05) is 23.9 Å². The largest absolute Gasteiger partial charge is 0.463 e. The van der Waals surface area contributed by atoms with Crippen molar-refractivity contribution in [3.63, 3.8) is 0 Å². The molecule has 104 valence electrons. The van der Waals surface area contributed by atoms with Crippen molar-refractivity contribution >= 4 is 34.8 Å². The molecular weight excluding hydrogens is 282 g/mol. The van der Waals surface area contributed by atoms with Crippen LogP contribution in [0.15, 0.2) is 33.9 Å². The lowest BCUT2D eigenvalue weighted by molar-refractivity contribution is -0.158. The summed E-state index contributed by atoms with van der Waals surface area (Å²) in [5.74, 6) is -0.928. The number of oxazole rings is 1. The van der Waals surface area contributed by atoms with E-state index in [0.29, 0.717) is 23.8 Å². The molecule has 1 atom stereocenters. The van der Waals surface area contributed by atoms with Crippen LogP contribution < -0.4 is 0 Å². The molecule has 6 nitrogen and oxygen atoms in total. The molecule has 2 aromatic rings. The Morgan fingerprint density at radius 3 is 3.05 bits per heavy atom. The van der Waals surface area contributed by atoms with Crippen molar-refractivity contribution in [2.75, 3.05) is 12.4 Å². The van der Waals surface area contributed by atoms with Crippen LogP contribution in [0.25, 0.3) is 11.1 Å². The molecule has 2 heterocycles. The summed E-state index contributed by atoms with van der Waals surface area (Å²) in [7, 11) is 0. The molecule has 1 aliphatic rings. The maximum Gasteiger partial charge on any atom is 0.347 e. The fourth-order valence-corrected chi connectivity index (χ4v) is 2.43. The summed E-state index contributed by atoms with van der Waals surface area (Å²) in [6, 6.07) is 7.34. The number of aromatic nitrogens is 1. The van der Waals surface area contributed by atoms with Crippen LogP contribution >= 0.6 is 11.8 Å². The van der Waals surface area contributed by atoms with E-state index in [1.54, 1.807) is 6.07 Å². The summed E-state index contributed by atoms with van der Waals surface area (Å²) in [5.41, 5.74) is 1.41. The normalized spacial score (nSPS) is 18.2. The molecule has 3 rings (SSSR count). The second kappa shape index (κ2) is 5.54. The lowest BCUT2D eigenvalue weighted by Crippen LogP contribution is -2.23. The number of rotatable bonds is 4. The summed E-state index contributed by atoms with van der Waals surface area (Å²) >= 11 is 1.13. The molecule has 1 aliphatic heterocycles. The Balaban J connectivity index is 1.56. The van der Waals surface area contributed by atoms with Gasteiger partial charge in [0.15, 0.2) is 5.58 Å². The van der Waals surface area contributed by atoms with Gasteiger partial charge in [0, 0.05) is 6.42 Å². The van der Waals surface area contributed by atoms with Crippen molar-refractivity contribution < 1.29 is 23.5 Å². The second-order valence-electron chi connectivity index (χ2n) is 4.17. The number of carbonyl (C=O) groups excluding carboxylic acids is 2. The molecule has 20 heavy (non-hydrogen) atoms. The molecule has 7 heteroatoms. The number of fused-ring (bicyclic) bond motifs is 1. The van der Waals surface area contributed by atoms with Crippen LogP contribution in [0, 0.1) is 0 Å². The summed E-state index contributed by atoms with van der Waals surface area (Å²) in [6.07, 6.45) is -0.357. The van der Waals surface area contributed by atoms with E-state index >= 15 is 0 Å². The Hall–Kier alpha value is -2.02. The SMILES string of the molecule is O=C(CSc1nc2ccccc2o1)O[C@H]1CCOC1=O. The minimum absolute atomic E-state index is 0.0383. The molecule has 0 N–H and O–H groups in total. The van der Waals surface area contributed by atoms with Crippen molar-refractivity contribution in [3.8, 4) is 0 Å². The highest BCUT2D eigenvalue weighted by Crippen LogP contribution is 2.23.